The first kappa shape index (κ1) is 11.6. The van der Waals surface area contributed by atoms with Crippen LogP contribution in [0.5, 0.6) is 5.75 Å². The van der Waals surface area contributed by atoms with E-state index in [-0.39, 0.29) is 0 Å². The molecule has 3 heteroatoms. The second-order valence-corrected chi connectivity index (χ2v) is 5.28. The minimum absolute atomic E-state index is 0.360. The Labute approximate surface area is 107 Å². The van der Waals surface area contributed by atoms with Gasteiger partial charge in [-0.05, 0) is 48.9 Å². The van der Waals surface area contributed by atoms with Crippen LogP contribution in [-0.4, -0.2) is 18.1 Å². The number of rotatable bonds is 2. The van der Waals surface area contributed by atoms with Crippen molar-refractivity contribution in [2.75, 3.05) is 7.11 Å². The molecule has 3 nitrogen and oxygen atoms in total. The highest BCUT2D eigenvalue weighted by Crippen LogP contribution is 2.37. The molecule has 3 rings (SSSR count). The summed E-state index contributed by atoms with van der Waals surface area (Å²) in [5.41, 5.74) is 8.68. The van der Waals surface area contributed by atoms with Gasteiger partial charge in [-0.2, -0.15) is 0 Å². The van der Waals surface area contributed by atoms with Gasteiger partial charge in [0.25, 0.3) is 0 Å². The molecule has 1 saturated carbocycles. The molecule has 0 bridgehead atoms. The van der Waals surface area contributed by atoms with Gasteiger partial charge in [-0.25, -0.2) is 0 Å². The summed E-state index contributed by atoms with van der Waals surface area (Å²) in [6, 6.07) is 6.57. The van der Waals surface area contributed by atoms with Crippen molar-refractivity contribution in [2.24, 2.45) is 5.73 Å². The third-order valence-electron chi connectivity index (χ3n) is 4.08. The van der Waals surface area contributed by atoms with Crippen LogP contribution in [0.3, 0.4) is 0 Å². The van der Waals surface area contributed by atoms with E-state index < -0.39 is 0 Å². The van der Waals surface area contributed by atoms with Gasteiger partial charge in [0.05, 0.1) is 7.11 Å². The number of hydrogen-bond donors (Lipinski definition) is 2. The molecule has 3 N–H and O–H groups in total. The van der Waals surface area contributed by atoms with Gasteiger partial charge in [0.15, 0.2) is 0 Å². The molecule has 0 spiro atoms. The fourth-order valence-corrected chi connectivity index (χ4v) is 3.10. The number of ether oxygens (including phenoxy) is 1. The zero-order valence-corrected chi connectivity index (χ0v) is 10.8. The van der Waals surface area contributed by atoms with E-state index in [1.54, 1.807) is 7.11 Å². The zero-order chi connectivity index (χ0) is 12.5. The fourth-order valence-electron chi connectivity index (χ4n) is 3.10. The molecular formula is C15H20N2O. The molecule has 96 valence electrons. The maximum absolute atomic E-state index is 6.10. The predicted molar refractivity (Wildman–Crippen MR) is 74.0 cm³/mol. The van der Waals surface area contributed by atoms with Gasteiger partial charge in [-0.15, -0.1) is 0 Å². The number of hydrogen-bond acceptors (Lipinski definition) is 2. The first-order valence-corrected chi connectivity index (χ1v) is 6.68. The van der Waals surface area contributed by atoms with Crippen LogP contribution in [0.25, 0.3) is 10.9 Å². The molecule has 1 aliphatic carbocycles. The van der Waals surface area contributed by atoms with Crippen molar-refractivity contribution in [3.8, 4) is 5.75 Å². The summed E-state index contributed by atoms with van der Waals surface area (Å²) in [6.07, 6.45) is 6.90. The summed E-state index contributed by atoms with van der Waals surface area (Å²) in [7, 11) is 1.71. The Balaban J connectivity index is 2.00. The minimum Gasteiger partial charge on any atom is -0.497 e. The van der Waals surface area contributed by atoms with Crippen molar-refractivity contribution >= 4 is 10.9 Å². The third kappa shape index (κ3) is 1.99. The highest BCUT2D eigenvalue weighted by Gasteiger charge is 2.23. The number of aromatic nitrogens is 1. The number of nitrogens with one attached hydrogen (secondary N) is 1. The summed E-state index contributed by atoms with van der Waals surface area (Å²) in [5.74, 6) is 1.51. The van der Waals surface area contributed by atoms with Crippen LogP contribution >= 0.6 is 0 Å². The number of aromatic amines is 1. The number of methoxy groups -OCH3 is 1. The fraction of sp³-hybridized carbons (Fsp3) is 0.467. The molecular weight excluding hydrogens is 224 g/mol. The Morgan fingerprint density at radius 3 is 3.00 bits per heavy atom. The van der Waals surface area contributed by atoms with Gasteiger partial charge >= 0.3 is 0 Å². The first-order valence-electron chi connectivity index (χ1n) is 6.68. The standard InChI is InChI=1S/C15H20N2O/c1-18-12-5-6-15-13(8-12)14(9-17-15)10-3-2-4-11(16)7-10/h5-6,8-11,17H,2-4,7,16H2,1H3/t10-,11+/m1/s1. The van der Waals surface area contributed by atoms with Crippen LogP contribution in [0.1, 0.15) is 37.2 Å². The minimum atomic E-state index is 0.360. The van der Waals surface area contributed by atoms with Crippen molar-refractivity contribution in [1.82, 2.24) is 4.98 Å². The van der Waals surface area contributed by atoms with E-state index in [0.29, 0.717) is 12.0 Å². The Morgan fingerprint density at radius 2 is 2.22 bits per heavy atom. The highest BCUT2D eigenvalue weighted by atomic mass is 16.5. The number of benzene rings is 1. The van der Waals surface area contributed by atoms with Crippen LogP contribution in [0.15, 0.2) is 24.4 Å². The van der Waals surface area contributed by atoms with Crippen LogP contribution in [0, 0.1) is 0 Å². The van der Waals surface area contributed by atoms with Crippen LogP contribution < -0.4 is 10.5 Å². The van der Waals surface area contributed by atoms with Crippen molar-refractivity contribution in [2.45, 2.75) is 37.6 Å². The predicted octanol–water partition coefficient (Wildman–Crippen LogP) is 3.16. The molecule has 1 aromatic carbocycles. The smallest absolute Gasteiger partial charge is 0.119 e. The topological polar surface area (TPSA) is 51.0 Å². The van der Waals surface area contributed by atoms with E-state index in [4.69, 9.17) is 10.5 Å². The normalized spacial score (nSPS) is 24.3. The molecule has 0 saturated heterocycles. The first-order chi connectivity index (χ1) is 8.78. The molecule has 1 fully saturated rings. The van der Waals surface area contributed by atoms with E-state index >= 15 is 0 Å². The Kier molecular flexibility index (Phi) is 3.00. The summed E-state index contributed by atoms with van der Waals surface area (Å²) in [6.45, 7) is 0. The Hall–Kier alpha value is -1.48. The molecule has 1 aliphatic rings. The van der Waals surface area contributed by atoms with Gasteiger partial charge in [-0.3, -0.25) is 0 Å². The SMILES string of the molecule is COc1ccc2[nH]cc([C@@H]3CCC[C@H](N)C3)c2c1. The lowest BCUT2D eigenvalue weighted by Gasteiger charge is -2.26. The average molecular weight is 244 g/mol. The Morgan fingerprint density at radius 1 is 1.33 bits per heavy atom. The van der Waals surface area contributed by atoms with Crippen LogP contribution in [-0.2, 0) is 0 Å². The van der Waals surface area contributed by atoms with Gasteiger partial charge in [-0.1, -0.05) is 6.42 Å². The molecule has 0 unspecified atom stereocenters. The zero-order valence-electron chi connectivity index (χ0n) is 10.8. The molecule has 18 heavy (non-hydrogen) atoms. The van der Waals surface area contributed by atoms with Gasteiger partial charge in [0.1, 0.15) is 5.75 Å². The van der Waals surface area contributed by atoms with Crippen LogP contribution in [0.2, 0.25) is 0 Å². The van der Waals surface area contributed by atoms with Crippen molar-refractivity contribution < 1.29 is 4.74 Å². The van der Waals surface area contributed by atoms with E-state index in [0.717, 1.165) is 12.2 Å². The van der Waals surface area contributed by atoms with E-state index in [2.05, 4.69) is 23.3 Å². The summed E-state index contributed by atoms with van der Waals surface area (Å²) < 4.78 is 5.32. The molecule has 1 aromatic heterocycles. The molecule has 0 aliphatic heterocycles. The molecule has 0 amide bonds. The van der Waals surface area contributed by atoms with Gasteiger partial charge in [0.2, 0.25) is 0 Å². The lowest BCUT2D eigenvalue weighted by Crippen LogP contribution is -2.26. The van der Waals surface area contributed by atoms with Crippen molar-refractivity contribution in [3.05, 3.63) is 30.0 Å². The molecule has 1 heterocycles. The third-order valence-corrected chi connectivity index (χ3v) is 4.08. The second kappa shape index (κ2) is 4.65. The summed E-state index contributed by atoms with van der Waals surface area (Å²) in [5, 5.41) is 1.29. The Bertz CT molecular complexity index is 546. The molecule has 0 radical (unpaired) electrons. The number of nitrogens with two attached hydrogens (primary N) is 1. The maximum Gasteiger partial charge on any atom is 0.119 e. The van der Waals surface area contributed by atoms with Crippen molar-refractivity contribution in [1.29, 1.82) is 0 Å². The monoisotopic (exact) mass is 244 g/mol. The highest BCUT2D eigenvalue weighted by molar-refractivity contribution is 5.85. The van der Waals surface area contributed by atoms with E-state index in [9.17, 15) is 0 Å². The largest absolute Gasteiger partial charge is 0.497 e. The second-order valence-electron chi connectivity index (χ2n) is 5.28. The van der Waals surface area contributed by atoms with E-state index in [1.165, 1.54) is 35.7 Å². The summed E-state index contributed by atoms with van der Waals surface area (Å²) >= 11 is 0. The van der Waals surface area contributed by atoms with Gasteiger partial charge in [0, 0.05) is 23.1 Å². The lowest BCUT2D eigenvalue weighted by molar-refractivity contribution is 0.394. The van der Waals surface area contributed by atoms with Crippen LogP contribution in [0.4, 0.5) is 0 Å². The lowest BCUT2D eigenvalue weighted by atomic mass is 9.81. The molecule has 2 atom stereocenters. The number of fused-ring (bicyclic) bond motifs is 1. The summed E-state index contributed by atoms with van der Waals surface area (Å²) in [4.78, 5) is 3.36. The van der Waals surface area contributed by atoms with E-state index in [1.807, 2.05) is 6.07 Å². The van der Waals surface area contributed by atoms with Crippen molar-refractivity contribution in [3.63, 3.8) is 0 Å². The average Bonchev–Trinajstić information content (AvgIpc) is 2.81. The quantitative estimate of drug-likeness (QED) is 0.852. The number of H-pyrrole nitrogens is 1. The molecule has 2 aromatic rings. The maximum atomic E-state index is 6.10. The van der Waals surface area contributed by atoms with Gasteiger partial charge < -0.3 is 15.5 Å².